The Bertz CT molecular complexity index is 1840. The lowest BCUT2D eigenvalue weighted by Crippen LogP contribution is -2.44. The first-order chi connectivity index (χ1) is 21.9. The fraction of sp³-hybridized carbons (Fsp3) is 0.343. The highest BCUT2D eigenvalue weighted by Gasteiger charge is 2.20. The van der Waals surface area contributed by atoms with Crippen LogP contribution in [0.4, 0.5) is 11.9 Å². The average molecular weight is 604 g/mol. The van der Waals surface area contributed by atoms with Crippen LogP contribution in [0.3, 0.4) is 0 Å². The number of hydrogen-bond acceptors (Lipinski definition) is 9. The summed E-state index contributed by atoms with van der Waals surface area (Å²) in [6, 6.07) is 16.5. The molecule has 0 bridgehead atoms. The van der Waals surface area contributed by atoms with Crippen molar-refractivity contribution < 1.29 is 4.79 Å². The number of hydrogen-bond donors (Lipinski definition) is 2. The summed E-state index contributed by atoms with van der Waals surface area (Å²) in [4.78, 5) is 31.5. The Morgan fingerprint density at radius 1 is 1.09 bits per heavy atom. The van der Waals surface area contributed by atoms with Crippen LogP contribution in [0.1, 0.15) is 36.5 Å². The number of nitrogens with zero attached hydrogens (tertiary/aromatic N) is 7. The van der Waals surface area contributed by atoms with Crippen LogP contribution in [0.2, 0.25) is 0 Å². The van der Waals surface area contributed by atoms with E-state index in [4.69, 9.17) is 15.0 Å². The van der Waals surface area contributed by atoms with Crippen molar-refractivity contribution in [1.82, 2.24) is 34.8 Å². The number of ketones is 1. The zero-order chi connectivity index (χ0) is 31.3. The van der Waals surface area contributed by atoms with E-state index in [1.165, 1.54) is 0 Å². The van der Waals surface area contributed by atoms with E-state index in [0.717, 1.165) is 83.0 Å². The summed E-state index contributed by atoms with van der Waals surface area (Å²) in [6.45, 7) is 9.13. The van der Waals surface area contributed by atoms with Gasteiger partial charge in [0.1, 0.15) is 0 Å². The minimum Gasteiger partial charge on any atom is -0.350 e. The molecule has 0 atom stereocenters. The second-order valence-electron chi connectivity index (χ2n) is 12.1. The molecule has 10 heteroatoms. The third-order valence-corrected chi connectivity index (χ3v) is 8.10. The molecule has 1 fully saturated rings. The van der Waals surface area contributed by atoms with Crippen LogP contribution in [0, 0.1) is 0 Å². The first kappa shape index (κ1) is 30.4. The van der Waals surface area contributed by atoms with E-state index in [1.54, 1.807) is 6.08 Å². The number of allylic oxidation sites excluding steroid dienone is 1. The molecule has 10 nitrogen and oxygen atoms in total. The maximum absolute atomic E-state index is 12.5. The number of carbonyl (C=O) groups excluding carboxylic acids is 1. The zero-order valence-corrected chi connectivity index (χ0v) is 26.5. The summed E-state index contributed by atoms with van der Waals surface area (Å²) in [6.07, 6.45) is 7.70. The van der Waals surface area contributed by atoms with Crippen LogP contribution in [0.5, 0.6) is 0 Å². The van der Waals surface area contributed by atoms with Gasteiger partial charge in [-0.1, -0.05) is 62.4 Å². The first-order valence-corrected chi connectivity index (χ1v) is 15.6. The maximum atomic E-state index is 12.5. The fourth-order valence-corrected chi connectivity index (χ4v) is 5.70. The topological polar surface area (TPSA) is 104 Å². The second kappa shape index (κ2) is 13.5. The van der Waals surface area contributed by atoms with Crippen molar-refractivity contribution in [2.45, 2.75) is 32.7 Å². The van der Waals surface area contributed by atoms with Crippen molar-refractivity contribution in [3.8, 4) is 11.3 Å². The van der Waals surface area contributed by atoms with Gasteiger partial charge in [0, 0.05) is 68.4 Å². The number of pyridine rings is 1. The summed E-state index contributed by atoms with van der Waals surface area (Å²) in [5, 5.41) is 13.8. The average Bonchev–Trinajstić information content (AvgIpc) is 3.48. The van der Waals surface area contributed by atoms with Gasteiger partial charge in [-0.2, -0.15) is 19.6 Å². The molecule has 2 N–H and O–H groups in total. The van der Waals surface area contributed by atoms with Crippen LogP contribution in [-0.2, 0) is 17.8 Å². The van der Waals surface area contributed by atoms with Gasteiger partial charge in [-0.05, 0) is 48.7 Å². The molecule has 5 aromatic rings. The van der Waals surface area contributed by atoms with Gasteiger partial charge in [0.15, 0.2) is 11.4 Å². The molecule has 1 aliphatic heterocycles. The number of anilines is 2. The van der Waals surface area contributed by atoms with Crippen molar-refractivity contribution in [3.05, 3.63) is 89.8 Å². The van der Waals surface area contributed by atoms with Crippen molar-refractivity contribution in [3.63, 3.8) is 0 Å². The Morgan fingerprint density at radius 3 is 2.71 bits per heavy atom. The Kier molecular flexibility index (Phi) is 9.13. The van der Waals surface area contributed by atoms with E-state index in [1.807, 2.05) is 66.2 Å². The Labute approximate surface area is 264 Å². The highest BCUT2D eigenvalue weighted by Crippen LogP contribution is 2.31. The molecular weight excluding hydrogens is 562 g/mol. The monoisotopic (exact) mass is 603 g/mol. The lowest BCUT2D eigenvalue weighted by atomic mass is 9.97. The van der Waals surface area contributed by atoms with Crippen LogP contribution in [-0.4, -0.2) is 82.1 Å². The van der Waals surface area contributed by atoms with Gasteiger partial charge in [-0.15, -0.1) is 0 Å². The number of carbonyl (C=O) groups is 1. The Morgan fingerprint density at radius 2 is 1.91 bits per heavy atom. The van der Waals surface area contributed by atoms with E-state index >= 15 is 0 Å². The summed E-state index contributed by atoms with van der Waals surface area (Å²) < 4.78 is 1.82. The van der Waals surface area contributed by atoms with E-state index in [-0.39, 0.29) is 11.7 Å². The van der Waals surface area contributed by atoms with Gasteiger partial charge in [0.2, 0.25) is 11.9 Å². The lowest BCUT2D eigenvalue weighted by molar-refractivity contribution is -0.114. The minimum absolute atomic E-state index is 0.0959. The van der Waals surface area contributed by atoms with Gasteiger partial charge < -0.3 is 20.4 Å². The number of fused-ring (bicyclic) bond motifs is 2. The molecule has 6 rings (SSSR count). The van der Waals surface area contributed by atoms with Gasteiger partial charge in [-0.3, -0.25) is 9.78 Å². The molecular formula is C35H41N9O. The number of likely N-dealkylation sites (N-methyl/N-ethyl adjacent to an activating group) is 1. The van der Waals surface area contributed by atoms with Gasteiger partial charge in [0.25, 0.3) is 0 Å². The van der Waals surface area contributed by atoms with Crippen molar-refractivity contribution >= 4 is 34.1 Å². The Hall–Kier alpha value is -4.67. The molecule has 3 aromatic heterocycles. The number of aromatic nitrogens is 5. The highest BCUT2D eigenvalue weighted by molar-refractivity contribution is 5.97. The highest BCUT2D eigenvalue weighted by atomic mass is 16.1. The molecule has 45 heavy (non-hydrogen) atoms. The van der Waals surface area contributed by atoms with Crippen LogP contribution >= 0.6 is 0 Å². The fourth-order valence-electron chi connectivity index (χ4n) is 5.70. The standard InChI is InChI=1S/C35H41N9O/c1-24(2)31-23-39-44-33(31)40-35(43-18-15-36-16-19-43)41-34(44)38-22-27-8-5-6-10-29(27)32-30-12-11-25(20-26(30)13-14-37-32)21-28(45)9-7-17-42(3)4/h5-14,20,23-24,36H,15-19,21-22H2,1-4H3,(H,38,40,41)/b9-7+. The molecule has 0 radical (unpaired) electrons. The summed E-state index contributed by atoms with van der Waals surface area (Å²) in [5.74, 6) is 1.77. The molecule has 2 aromatic carbocycles. The predicted octanol–water partition coefficient (Wildman–Crippen LogP) is 4.71. The zero-order valence-electron chi connectivity index (χ0n) is 26.5. The summed E-state index contributed by atoms with van der Waals surface area (Å²) in [7, 11) is 3.97. The predicted molar refractivity (Wildman–Crippen MR) is 181 cm³/mol. The normalized spacial score (nSPS) is 14.0. The van der Waals surface area contributed by atoms with Crippen molar-refractivity contribution in [2.75, 3.05) is 57.0 Å². The smallest absolute Gasteiger partial charge is 0.230 e. The van der Waals surface area contributed by atoms with Gasteiger partial charge in [-0.25, -0.2) is 0 Å². The maximum Gasteiger partial charge on any atom is 0.230 e. The van der Waals surface area contributed by atoms with E-state index in [9.17, 15) is 4.79 Å². The molecule has 1 saturated heterocycles. The SMILES string of the molecule is CC(C)c1cnn2c(NCc3ccccc3-c3nccc4cc(CC(=O)/C=C/CN(C)C)ccc34)nc(N3CCNCC3)nc12. The van der Waals surface area contributed by atoms with Crippen molar-refractivity contribution in [1.29, 1.82) is 0 Å². The first-order valence-electron chi connectivity index (χ1n) is 15.6. The summed E-state index contributed by atoms with van der Waals surface area (Å²) >= 11 is 0. The quantitative estimate of drug-likeness (QED) is 0.208. The van der Waals surface area contributed by atoms with Crippen LogP contribution in [0.25, 0.3) is 27.7 Å². The van der Waals surface area contributed by atoms with Gasteiger partial charge >= 0.3 is 0 Å². The molecule has 0 aliphatic carbocycles. The Balaban J connectivity index is 1.28. The number of benzene rings is 2. The molecule has 0 unspecified atom stereocenters. The van der Waals surface area contributed by atoms with Crippen molar-refractivity contribution in [2.24, 2.45) is 0 Å². The molecule has 232 valence electrons. The number of piperazine rings is 1. The van der Waals surface area contributed by atoms with Crippen LogP contribution < -0.4 is 15.5 Å². The largest absolute Gasteiger partial charge is 0.350 e. The molecule has 4 heterocycles. The lowest BCUT2D eigenvalue weighted by Gasteiger charge is -2.27. The molecule has 0 saturated carbocycles. The number of rotatable bonds is 11. The minimum atomic E-state index is 0.0959. The molecule has 1 aliphatic rings. The third-order valence-electron chi connectivity index (χ3n) is 8.10. The number of nitrogens with one attached hydrogen (secondary N) is 2. The second-order valence-corrected chi connectivity index (χ2v) is 12.1. The molecule has 0 amide bonds. The third kappa shape index (κ3) is 6.87. The van der Waals surface area contributed by atoms with E-state index < -0.39 is 0 Å². The van der Waals surface area contributed by atoms with E-state index in [0.29, 0.717) is 18.9 Å². The summed E-state index contributed by atoms with van der Waals surface area (Å²) in [5.41, 5.74) is 5.97. The van der Waals surface area contributed by atoms with Gasteiger partial charge in [0.05, 0.1) is 11.9 Å². The van der Waals surface area contributed by atoms with E-state index in [2.05, 4.69) is 58.7 Å². The van der Waals surface area contributed by atoms with Crippen LogP contribution in [0.15, 0.2) is 73.1 Å². The molecule has 0 spiro atoms.